The highest BCUT2D eigenvalue weighted by atomic mass is 19.1. The first-order valence-electron chi connectivity index (χ1n) is 6.52. The molecule has 0 aliphatic carbocycles. The topological polar surface area (TPSA) is 64.4 Å². The van der Waals surface area contributed by atoms with Gasteiger partial charge in [-0.15, -0.1) is 0 Å². The number of hydrogen-bond acceptors (Lipinski definition) is 3. The maximum absolute atomic E-state index is 13.7. The third-order valence-electron chi connectivity index (χ3n) is 3.69. The SMILES string of the molecule is CC1(CNC(=O)c2cc(F)cc(N)c2F)CCOCC1. The molecule has 0 unspecified atom stereocenters. The van der Waals surface area contributed by atoms with Gasteiger partial charge < -0.3 is 15.8 Å². The van der Waals surface area contributed by atoms with Gasteiger partial charge in [0.2, 0.25) is 0 Å². The van der Waals surface area contributed by atoms with Gasteiger partial charge in [0.15, 0.2) is 5.82 Å². The van der Waals surface area contributed by atoms with Crippen LogP contribution < -0.4 is 11.1 Å². The Kier molecular flexibility index (Phi) is 4.23. The zero-order chi connectivity index (χ0) is 14.8. The van der Waals surface area contributed by atoms with Crippen molar-refractivity contribution < 1.29 is 18.3 Å². The van der Waals surface area contributed by atoms with E-state index < -0.39 is 17.5 Å². The van der Waals surface area contributed by atoms with E-state index in [0.717, 1.165) is 25.0 Å². The van der Waals surface area contributed by atoms with Gasteiger partial charge in [-0.05, 0) is 30.4 Å². The van der Waals surface area contributed by atoms with Crippen molar-refractivity contribution >= 4 is 11.6 Å². The van der Waals surface area contributed by atoms with E-state index in [0.29, 0.717) is 19.8 Å². The molecule has 1 aromatic rings. The Hall–Kier alpha value is -1.69. The summed E-state index contributed by atoms with van der Waals surface area (Å²) in [6.07, 6.45) is 1.64. The highest BCUT2D eigenvalue weighted by molar-refractivity contribution is 5.95. The van der Waals surface area contributed by atoms with Gasteiger partial charge in [-0.1, -0.05) is 6.92 Å². The van der Waals surface area contributed by atoms with E-state index in [-0.39, 0.29) is 16.7 Å². The van der Waals surface area contributed by atoms with E-state index in [1.807, 2.05) is 6.92 Å². The lowest BCUT2D eigenvalue weighted by Gasteiger charge is -2.33. The number of halogens is 2. The summed E-state index contributed by atoms with van der Waals surface area (Å²) in [6.45, 7) is 3.72. The molecule has 4 nitrogen and oxygen atoms in total. The molecule has 1 aromatic carbocycles. The zero-order valence-corrected chi connectivity index (χ0v) is 11.3. The molecule has 0 saturated carbocycles. The molecule has 1 aliphatic heterocycles. The maximum Gasteiger partial charge on any atom is 0.254 e. The number of anilines is 1. The fourth-order valence-corrected chi connectivity index (χ4v) is 2.21. The van der Waals surface area contributed by atoms with E-state index in [9.17, 15) is 13.6 Å². The summed E-state index contributed by atoms with van der Waals surface area (Å²) in [5.74, 6) is -2.27. The molecule has 1 heterocycles. The number of nitrogen functional groups attached to an aromatic ring is 1. The summed E-state index contributed by atoms with van der Waals surface area (Å²) in [4.78, 5) is 12.0. The van der Waals surface area contributed by atoms with Crippen LogP contribution in [0.1, 0.15) is 30.1 Å². The average molecular weight is 284 g/mol. The van der Waals surface area contributed by atoms with Crippen molar-refractivity contribution in [2.45, 2.75) is 19.8 Å². The monoisotopic (exact) mass is 284 g/mol. The predicted octanol–water partition coefficient (Wildman–Crippen LogP) is 2.09. The molecular formula is C14H18F2N2O2. The van der Waals surface area contributed by atoms with E-state index in [1.54, 1.807) is 0 Å². The Labute approximate surface area is 116 Å². The van der Waals surface area contributed by atoms with Gasteiger partial charge in [-0.2, -0.15) is 0 Å². The van der Waals surface area contributed by atoms with Gasteiger partial charge in [-0.25, -0.2) is 8.78 Å². The minimum absolute atomic E-state index is 0.0801. The molecule has 6 heteroatoms. The van der Waals surface area contributed by atoms with Crippen LogP contribution in [0, 0.1) is 17.0 Å². The minimum atomic E-state index is -0.888. The highest BCUT2D eigenvalue weighted by Crippen LogP contribution is 2.28. The predicted molar refractivity (Wildman–Crippen MR) is 71.3 cm³/mol. The number of benzene rings is 1. The van der Waals surface area contributed by atoms with Crippen molar-refractivity contribution in [2.24, 2.45) is 5.41 Å². The number of nitrogens with two attached hydrogens (primary N) is 1. The van der Waals surface area contributed by atoms with Crippen molar-refractivity contribution in [2.75, 3.05) is 25.5 Å². The lowest BCUT2D eigenvalue weighted by atomic mass is 9.82. The van der Waals surface area contributed by atoms with Crippen molar-refractivity contribution in [3.8, 4) is 0 Å². The van der Waals surface area contributed by atoms with Crippen LogP contribution in [0.25, 0.3) is 0 Å². The zero-order valence-electron chi connectivity index (χ0n) is 11.3. The molecule has 1 fully saturated rings. The molecule has 2 rings (SSSR count). The Morgan fingerprint density at radius 3 is 2.70 bits per heavy atom. The van der Waals surface area contributed by atoms with Crippen molar-refractivity contribution in [1.29, 1.82) is 0 Å². The first-order chi connectivity index (χ1) is 9.41. The fourth-order valence-electron chi connectivity index (χ4n) is 2.21. The molecule has 110 valence electrons. The lowest BCUT2D eigenvalue weighted by molar-refractivity contribution is 0.0238. The molecule has 0 spiro atoms. The van der Waals surface area contributed by atoms with Gasteiger partial charge in [0.05, 0.1) is 11.3 Å². The average Bonchev–Trinajstić information content (AvgIpc) is 2.41. The number of ether oxygens (including phenoxy) is 1. The molecule has 0 aromatic heterocycles. The molecule has 0 bridgehead atoms. The first-order valence-corrected chi connectivity index (χ1v) is 6.52. The third-order valence-corrected chi connectivity index (χ3v) is 3.69. The molecule has 3 N–H and O–H groups in total. The van der Waals surface area contributed by atoms with Crippen molar-refractivity contribution in [3.63, 3.8) is 0 Å². The normalized spacial score (nSPS) is 17.8. The second kappa shape index (κ2) is 5.75. The van der Waals surface area contributed by atoms with Crippen LogP contribution in [-0.2, 0) is 4.74 Å². The molecular weight excluding hydrogens is 266 g/mol. The largest absolute Gasteiger partial charge is 0.396 e. The van der Waals surface area contributed by atoms with Crippen molar-refractivity contribution in [3.05, 3.63) is 29.3 Å². The van der Waals surface area contributed by atoms with Crippen LogP contribution in [0.4, 0.5) is 14.5 Å². The van der Waals surface area contributed by atoms with Crippen molar-refractivity contribution in [1.82, 2.24) is 5.32 Å². The second-order valence-electron chi connectivity index (χ2n) is 5.46. The van der Waals surface area contributed by atoms with E-state index in [1.165, 1.54) is 0 Å². The third kappa shape index (κ3) is 3.25. The Bertz CT molecular complexity index is 514. The number of amides is 1. The van der Waals surface area contributed by atoms with Crippen LogP contribution in [0.5, 0.6) is 0 Å². The Morgan fingerprint density at radius 1 is 1.40 bits per heavy atom. The van der Waals surface area contributed by atoms with Crippen LogP contribution in [0.3, 0.4) is 0 Å². The number of hydrogen-bond donors (Lipinski definition) is 2. The molecule has 1 saturated heterocycles. The van der Waals surface area contributed by atoms with Crippen LogP contribution in [-0.4, -0.2) is 25.7 Å². The smallest absolute Gasteiger partial charge is 0.254 e. The fraction of sp³-hybridized carbons (Fsp3) is 0.500. The lowest BCUT2D eigenvalue weighted by Crippen LogP contribution is -2.39. The molecule has 0 atom stereocenters. The van der Waals surface area contributed by atoms with E-state index >= 15 is 0 Å². The summed E-state index contributed by atoms with van der Waals surface area (Å²) in [7, 11) is 0. The summed E-state index contributed by atoms with van der Waals surface area (Å²) in [6, 6.07) is 1.71. The maximum atomic E-state index is 13.7. The highest BCUT2D eigenvalue weighted by Gasteiger charge is 2.28. The second-order valence-corrected chi connectivity index (χ2v) is 5.46. The quantitative estimate of drug-likeness (QED) is 0.835. The summed E-state index contributed by atoms with van der Waals surface area (Å²) in [5.41, 5.74) is 4.50. The summed E-state index contributed by atoms with van der Waals surface area (Å²) in [5, 5.41) is 2.65. The summed E-state index contributed by atoms with van der Waals surface area (Å²) < 4.78 is 32.2. The number of carbonyl (C=O) groups is 1. The summed E-state index contributed by atoms with van der Waals surface area (Å²) >= 11 is 0. The van der Waals surface area contributed by atoms with E-state index in [2.05, 4.69) is 5.32 Å². The molecule has 1 aliphatic rings. The van der Waals surface area contributed by atoms with Crippen LogP contribution >= 0.6 is 0 Å². The van der Waals surface area contributed by atoms with Crippen LogP contribution in [0.2, 0.25) is 0 Å². The molecule has 0 radical (unpaired) electrons. The first kappa shape index (κ1) is 14.7. The van der Waals surface area contributed by atoms with Gasteiger partial charge >= 0.3 is 0 Å². The van der Waals surface area contributed by atoms with Crippen LogP contribution in [0.15, 0.2) is 12.1 Å². The molecule has 1 amide bonds. The standard InChI is InChI=1S/C14H18F2N2O2/c1-14(2-4-20-5-3-14)8-18-13(19)10-6-9(15)7-11(17)12(10)16/h6-7H,2-5,8,17H2,1H3,(H,18,19). The van der Waals surface area contributed by atoms with Gasteiger partial charge in [0.1, 0.15) is 5.82 Å². The minimum Gasteiger partial charge on any atom is -0.396 e. The number of rotatable bonds is 3. The Morgan fingerprint density at radius 2 is 2.05 bits per heavy atom. The van der Waals surface area contributed by atoms with Gasteiger partial charge in [0, 0.05) is 19.8 Å². The number of nitrogens with one attached hydrogen (secondary N) is 1. The van der Waals surface area contributed by atoms with E-state index in [4.69, 9.17) is 10.5 Å². The van der Waals surface area contributed by atoms with Gasteiger partial charge in [0.25, 0.3) is 5.91 Å². The Balaban J connectivity index is 2.05. The number of carbonyl (C=O) groups excluding carboxylic acids is 1. The van der Waals surface area contributed by atoms with Gasteiger partial charge in [-0.3, -0.25) is 4.79 Å². The molecule has 20 heavy (non-hydrogen) atoms.